The van der Waals surface area contributed by atoms with Crippen molar-refractivity contribution >= 4 is 21.8 Å². The first-order chi connectivity index (χ1) is 19.2. The van der Waals surface area contributed by atoms with Gasteiger partial charge in [0.25, 0.3) is 0 Å². The zero-order valence-corrected chi connectivity index (χ0v) is 23.3. The molecule has 0 heterocycles. The fourth-order valence-corrected chi connectivity index (χ4v) is 5.16. The lowest BCUT2D eigenvalue weighted by molar-refractivity contribution is -0.118. The number of carbonyl (C=O) groups is 2. The number of carbonyl (C=O) groups excluding carboxylic acids is 2. The molecule has 0 atom stereocenters. The predicted molar refractivity (Wildman–Crippen MR) is 152 cm³/mol. The molecule has 0 bridgehead atoms. The van der Waals surface area contributed by atoms with Gasteiger partial charge < -0.3 is 9.47 Å². The molecule has 4 aromatic carbocycles. The van der Waals surface area contributed by atoms with Crippen LogP contribution in [0, 0.1) is 6.92 Å². The van der Waals surface area contributed by atoms with Crippen molar-refractivity contribution in [3.05, 3.63) is 131 Å². The maximum Gasteiger partial charge on any atom is 0.342 e. The number of hydrogen-bond acceptors (Lipinski definition) is 6. The molecule has 0 spiro atoms. The first-order valence-electron chi connectivity index (χ1n) is 12.8. The molecule has 40 heavy (non-hydrogen) atoms. The molecule has 4 rings (SSSR count). The molecule has 0 radical (unpaired) electrons. The van der Waals surface area contributed by atoms with Crippen molar-refractivity contribution in [1.29, 1.82) is 0 Å². The molecule has 0 saturated heterocycles. The van der Waals surface area contributed by atoms with Crippen LogP contribution in [0.2, 0.25) is 0 Å². The highest BCUT2D eigenvalue weighted by Crippen LogP contribution is 2.24. The van der Waals surface area contributed by atoms with Crippen LogP contribution in [-0.2, 0) is 39.2 Å². The Hall–Kier alpha value is -4.27. The number of benzene rings is 4. The van der Waals surface area contributed by atoms with Crippen LogP contribution in [0.3, 0.4) is 0 Å². The van der Waals surface area contributed by atoms with Crippen molar-refractivity contribution in [3.8, 4) is 5.75 Å². The van der Waals surface area contributed by atoms with E-state index in [0.717, 1.165) is 21.0 Å². The number of likely N-dealkylation sites (N-methyl/N-ethyl adjacent to an activating group) is 1. The van der Waals surface area contributed by atoms with Gasteiger partial charge in [0.2, 0.25) is 10.0 Å². The quantitative estimate of drug-likeness (QED) is 0.218. The molecule has 0 amide bonds. The molecule has 0 N–H and O–H groups in total. The van der Waals surface area contributed by atoms with E-state index in [-0.39, 0.29) is 48.2 Å². The van der Waals surface area contributed by atoms with E-state index in [1.54, 1.807) is 30.3 Å². The highest BCUT2D eigenvalue weighted by molar-refractivity contribution is 7.89. The smallest absolute Gasteiger partial charge is 0.342 e. The van der Waals surface area contributed by atoms with Crippen molar-refractivity contribution in [2.45, 2.75) is 31.5 Å². The summed E-state index contributed by atoms with van der Waals surface area (Å²) in [6, 6.07) is 30.2. The van der Waals surface area contributed by atoms with Crippen LogP contribution in [0.5, 0.6) is 5.75 Å². The van der Waals surface area contributed by atoms with Crippen LogP contribution in [0.1, 0.15) is 32.6 Å². The summed E-state index contributed by atoms with van der Waals surface area (Å²) in [5.41, 5.74) is 3.54. The van der Waals surface area contributed by atoms with Crippen molar-refractivity contribution in [2.75, 3.05) is 13.6 Å². The van der Waals surface area contributed by atoms with Crippen LogP contribution in [0.25, 0.3) is 0 Å². The number of esters is 1. The summed E-state index contributed by atoms with van der Waals surface area (Å²) in [7, 11) is -2.43. The van der Waals surface area contributed by atoms with E-state index in [0.29, 0.717) is 5.56 Å². The zero-order valence-electron chi connectivity index (χ0n) is 22.4. The molecular formula is C32H31NO6S. The highest BCUT2D eigenvalue weighted by Gasteiger charge is 2.23. The molecule has 0 saturated carbocycles. The van der Waals surface area contributed by atoms with Crippen molar-refractivity contribution in [1.82, 2.24) is 4.31 Å². The third kappa shape index (κ3) is 7.65. The van der Waals surface area contributed by atoms with Gasteiger partial charge in [0, 0.05) is 13.5 Å². The van der Waals surface area contributed by atoms with Gasteiger partial charge in [0.1, 0.15) is 24.5 Å². The molecule has 0 aliphatic heterocycles. The van der Waals surface area contributed by atoms with Gasteiger partial charge in [-0.25, -0.2) is 13.2 Å². The largest absolute Gasteiger partial charge is 0.488 e. The minimum atomic E-state index is -3.81. The molecule has 8 heteroatoms. The fourth-order valence-electron chi connectivity index (χ4n) is 4.01. The number of nitrogens with zero attached hydrogens (tertiary/aromatic N) is 1. The maximum atomic E-state index is 13.0. The Balaban J connectivity index is 1.48. The average Bonchev–Trinajstić information content (AvgIpc) is 2.96. The number of ketones is 1. The number of rotatable bonds is 12. The second-order valence-electron chi connectivity index (χ2n) is 9.46. The summed E-state index contributed by atoms with van der Waals surface area (Å²) in [6.45, 7) is 1.90. The monoisotopic (exact) mass is 557 g/mol. The number of sulfonamides is 1. The SMILES string of the molecule is Cc1ccc(S(=O)(=O)N(C)CC(=O)Cc2ccc(C(=O)OCc3ccccc3)c(OCc3ccccc3)c2)cc1. The molecule has 206 valence electrons. The molecule has 0 aliphatic carbocycles. The fraction of sp³-hybridized carbons (Fsp3) is 0.188. The lowest BCUT2D eigenvalue weighted by atomic mass is 10.1. The van der Waals surface area contributed by atoms with Crippen molar-refractivity contribution in [2.24, 2.45) is 0 Å². The summed E-state index contributed by atoms with van der Waals surface area (Å²) >= 11 is 0. The van der Waals surface area contributed by atoms with Gasteiger partial charge in [-0.15, -0.1) is 0 Å². The van der Waals surface area contributed by atoms with Gasteiger partial charge in [-0.3, -0.25) is 4.79 Å². The molecule has 4 aromatic rings. The second-order valence-corrected chi connectivity index (χ2v) is 11.5. The Morgan fingerprint density at radius 1 is 0.750 bits per heavy atom. The van der Waals surface area contributed by atoms with Crippen molar-refractivity contribution < 1.29 is 27.5 Å². The lowest BCUT2D eigenvalue weighted by Gasteiger charge is -2.17. The minimum Gasteiger partial charge on any atom is -0.488 e. The van der Waals surface area contributed by atoms with E-state index < -0.39 is 16.0 Å². The molecule has 7 nitrogen and oxygen atoms in total. The van der Waals surface area contributed by atoms with Gasteiger partial charge in [-0.1, -0.05) is 84.4 Å². The van der Waals surface area contributed by atoms with E-state index in [1.807, 2.05) is 67.6 Å². The molecule has 0 aromatic heterocycles. The first kappa shape index (κ1) is 28.7. The van der Waals surface area contributed by atoms with Crippen LogP contribution in [-0.4, -0.2) is 38.1 Å². The van der Waals surface area contributed by atoms with Crippen LogP contribution in [0.15, 0.2) is 108 Å². The zero-order chi connectivity index (χ0) is 28.5. The van der Waals surface area contributed by atoms with Crippen LogP contribution in [0.4, 0.5) is 0 Å². The molecular weight excluding hydrogens is 526 g/mol. The lowest BCUT2D eigenvalue weighted by Crippen LogP contribution is -2.32. The Morgan fingerprint density at radius 2 is 1.35 bits per heavy atom. The third-order valence-electron chi connectivity index (χ3n) is 6.25. The average molecular weight is 558 g/mol. The molecule has 0 unspecified atom stereocenters. The van der Waals surface area contributed by atoms with Gasteiger partial charge >= 0.3 is 5.97 Å². The first-order valence-corrected chi connectivity index (χ1v) is 14.2. The summed E-state index contributed by atoms with van der Waals surface area (Å²) < 4.78 is 38.3. The Labute approximate surface area is 235 Å². The number of aryl methyl sites for hydroxylation is 1. The van der Waals surface area contributed by atoms with Crippen molar-refractivity contribution in [3.63, 3.8) is 0 Å². The maximum absolute atomic E-state index is 13.0. The molecule has 0 fully saturated rings. The topological polar surface area (TPSA) is 90.0 Å². The normalized spacial score (nSPS) is 11.3. The van der Waals surface area contributed by atoms with E-state index in [1.165, 1.54) is 19.2 Å². The van der Waals surface area contributed by atoms with E-state index in [4.69, 9.17) is 9.47 Å². The van der Waals surface area contributed by atoms with Gasteiger partial charge in [-0.2, -0.15) is 4.31 Å². The van der Waals surface area contributed by atoms with E-state index >= 15 is 0 Å². The standard InChI is InChI=1S/C32H31NO6S/c1-24-13-16-29(17-14-24)40(36,37)33(2)21-28(34)19-27-15-18-30(32(35)39-23-26-11-7-4-8-12-26)31(20-27)38-22-25-9-5-3-6-10-25/h3-18,20H,19,21-23H2,1-2H3. The highest BCUT2D eigenvalue weighted by atomic mass is 32.2. The number of Topliss-reactive ketones (excluding diaryl/α,β-unsaturated/α-hetero) is 1. The Morgan fingerprint density at radius 3 is 1.98 bits per heavy atom. The number of ether oxygens (including phenoxy) is 2. The van der Waals surface area contributed by atoms with Crippen LogP contribution < -0.4 is 4.74 Å². The Bertz CT molecular complexity index is 1550. The van der Waals surface area contributed by atoms with Gasteiger partial charge in [0.05, 0.1) is 11.4 Å². The van der Waals surface area contributed by atoms with Gasteiger partial charge in [-0.05, 0) is 47.9 Å². The van der Waals surface area contributed by atoms with Crippen LogP contribution >= 0.6 is 0 Å². The summed E-state index contributed by atoms with van der Waals surface area (Å²) in [5, 5.41) is 0. The number of hydrogen-bond donors (Lipinski definition) is 0. The van der Waals surface area contributed by atoms with Gasteiger partial charge in [0.15, 0.2) is 5.78 Å². The third-order valence-corrected chi connectivity index (χ3v) is 8.06. The summed E-state index contributed by atoms with van der Waals surface area (Å²) in [6.07, 6.45) is -0.0329. The summed E-state index contributed by atoms with van der Waals surface area (Å²) in [4.78, 5) is 26.0. The predicted octanol–water partition coefficient (Wildman–Crippen LogP) is 5.36. The van der Waals surface area contributed by atoms with E-state index in [9.17, 15) is 18.0 Å². The van der Waals surface area contributed by atoms with E-state index in [2.05, 4.69) is 0 Å². The second kappa shape index (κ2) is 13.2. The minimum absolute atomic E-state index is 0.0329. The molecule has 0 aliphatic rings. The summed E-state index contributed by atoms with van der Waals surface area (Å²) in [5.74, 6) is -0.562. The Kier molecular flexibility index (Phi) is 9.47.